The topological polar surface area (TPSA) is 78.9 Å². The van der Waals surface area contributed by atoms with E-state index in [9.17, 15) is 14.4 Å². The van der Waals surface area contributed by atoms with Crippen LogP contribution in [0.4, 0.5) is 0 Å². The van der Waals surface area contributed by atoms with Gasteiger partial charge in [-0.2, -0.15) is 0 Å². The SMILES string of the molecule is CC(C)(C)OC(=O)C(C(=O)OCc1ccccc1)[C@@H](CC1CCCC1)C(=O)OCc1ccccc1. The molecule has 1 fully saturated rings. The van der Waals surface area contributed by atoms with Crippen LogP contribution in [0.15, 0.2) is 60.7 Å². The average molecular weight is 481 g/mol. The lowest BCUT2D eigenvalue weighted by Crippen LogP contribution is -2.42. The Balaban J connectivity index is 1.82. The minimum atomic E-state index is -1.39. The summed E-state index contributed by atoms with van der Waals surface area (Å²) in [7, 11) is 0. The first kappa shape index (κ1) is 26.5. The van der Waals surface area contributed by atoms with E-state index in [4.69, 9.17) is 14.2 Å². The quantitative estimate of drug-likeness (QED) is 0.249. The lowest BCUT2D eigenvalue weighted by atomic mass is 9.83. The van der Waals surface area contributed by atoms with Crippen molar-refractivity contribution in [3.63, 3.8) is 0 Å². The molecule has 188 valence electrons. The van der Waals surface area contributed by atoms with Gasteiger partial charge in [-0.15, -0.1) is 0 Å². The zero-order valence-electron chi connectivity index (χ0n) is 20.9. The Morgan fingerprint density at radius 2 is 1.26 bits per heavy atom. The van der Waals surface area contributed by atoms with E-state index in [2.05, 4.69) is 0 Å². The fourth-order valence-electron chi connectivity index (χ4n) is 4.42. The molecule has 0 aromatic heterocycles. The third kappa shape index (κ3) is 8.53. The van der Waals surface area contributed by atoms with Gasteiger partial charge in [-0.1, -0.05) is 86.3 Å². The van der Waals surface area contributed by atoms with Crippen molar-refractivity contribution in [2.45, 2.75) is 71.7 Å². The molecule has 2 aromatic carbocycles. The van der Waals surface area contributed by atoms with Crippen molar-refractivity contribution >= 4 is 17.9 Å². The molecule has 35 heavy (non-hydrogen) atoms. The Hall–Kier alpha value is -3.15. The number of carbonyl (C=O) groups is 3. The molecule has 0 aliphatic heterocycles. The molecule has 0 bridgehead atoms. The molecule has 1 aliphatic rings. The Morgan fingerprint density at radius 3 is 1.74 bits per heavy atom. The summed E-state index contributed by atoms with van der Waals surface area (Å²) in [6.07, 6.45) is 4.46. The lowest BCUT2D eigenvalue weighted by Gasteiger charge is -2.28. The predicted octanol–water partition coefficient (Wildman–Crippen LogP) is 5.63. The zero-order valence-corrected chi connectivity index (χ0v) is 20.9. The van der Waals surface area contributed by atoms with Gasteiger partial charge in [0.05, 0.1) is 5.92 Å². The molecule has 2 aromatic rings. The van der Waals surface area contributed by atoms with Crippen LogP contribution in [0.3, 0.4) is 0 Å². The van der Waals surface area contributed by atoms with Gasteiger partial charge in [-0.3, -0.25) is 14.4 Å². The van der Waals surface area contributed by atoms with Gasteiger partial charge < -0.3 is 14.2 Å². The largest absolute Gasteiger partial charge is 0.461 e. The molecule has 1 saturated carbocycles. The average Bonchev–Trinajstić information content (AvgIpc) is 3.34. The molecule has 3 rings (SSSR count). The van der Waals surface area contributed by atoms with Gasteiger partial charge in [-0.25, -0.2) is 0 Å². The predicted molar refractivity (Wildman–Crippen MR) is 132 cm³/mol. The summed E-state index contributed by atoms with van der Waals surface area (Å²) in [4.78, 5) is 39.9. The first-order chi connectivity index (χ1) is 16.7. The number of benzene rings is 2. The van der Waals surface area contributed by atoms with Crippen LogP contribution < -0.4 is 0 Å². The Kier molecular flexibility index (Phi) is 9.47. The van der Waals surface area contributed by atoms with Crippen molar-refractivity contribution in [2.24, 2.45) is 17.8 Å². The summed E-state index contributed by atoms with van der Waals surface area (Å²) in [6, 6.07) is 18.6. The lowest BCUT2D eigenvalue weighted by molar-refractivity contribution is -0.179. The van der Waals surface area contributed by atoms with Crippen molar-refractivity contribution in [3.8, 4) is 0 Å². The summed E-state index contributed by atoms with van der Waals surface area (Å²) in [5.74, 6) is -4.20. The molecule has 6 nitrogen and oxygen atoms in total. The Morgan fingerprint density at radius 1 is 0.771 bits per heavy atom. The minimum absolute atomic E-state index is 0.00812. The molecule has 6 heteroatoms. The fraction of sp³-hybridized carbons (Fsp3) is 0.483. The highest BCUT2D eigenvalue weighted by Gasteiger charge is 2.45. The molecule has 0 N–H and O–H groups in total. The van der Waals surface area contributed by atoms with Crippen molar-refractivity contribution in [1.29, 1.82) is 0 Å². The second-order valence-corrected chi connectivity index (χ2v) is 10.2. The number of carbonyl (C=O) groups excluding carboxylic acids is 3. The number of hydrogen-bond donors (Lipinski definition) is 0. The molecular weight excluding hydrogens is 444 g/mol. The maximum atomic E-state index is 13.4. The van der Waals surface area contributed by atoms with Gasteiger partial charge in [-0.05, 0) is 44.2 Å². The van der Waals surface area contributed by atoms with E-state index in [-0.39, 0.29) is 19.1 Å². The van der Waals surface area contributed by atoms with E-state index in [1.54, 1.807) is 20.8 Å². The van der Waals surface area contributed by atoms with Crippen LogP contribution >= 0.6 is 0 Å². The number of rotatable bonds is 10. The highest BCUT2D eigenvalue weighted by atomic mass is 16.6. The zero-order chi connectivity index (χ0) is 25.3. The van der Waals surface area contributed by atoms with Crippen LogP contribution in [0, 0.1) is 17.8 Å². The fourth-order valence-corrected chi connectivity index (χ4v) is 4.42. The first-order valence-corrected chi connectivity index (χ1v) is 12.4. The molecule has 0 radical (unpaired) electrons. The molecule has 1 unspecified atom stereocenters. The van der Waals surface area contributed by atoms with Crippen LogP contribution in [0.2, 0.25) is 0 Å². The highest BCUT2D eigenvalue weighted by Crippen LogP contribution is 2.35. The Bertz CT molecular complexity index is 958. The first-order valence-electron chi connectivity index (χ1n) is 12.4. The van der Waals surface area contributed by atoms with Crippen LogP contribution in [-0.4, -0.2) is 23.5 Å². The van der Waals surface area contributed by atoms with Crippen molar-refractivity contribution in [1.82, 2.24) is 0 Å². The summed E-state index contributed by atoms with van der Waals surface area (Å²) < 4.78 is 16.7. The summed E-state index contributed by atoms with van der Waals surface area (Å²) in [5.41, 5.74) is 0.810. The van der Waals surface area contributed by atoms with E-state index >= 15 is 0 Å². The van der Waals surface area contributed by atoms with E-state index in [1.807, 2.05) is 60.7 Å². The van der Waals surface area contributed by atoms with E-state index in [0.717, 1.165) is 36.8 Å². The van der Waals surface area contributed by atoms with Crippen molar-refractivity contribution in [2.75, 3.05) is 0 Å². The second-order valence-electron chi connectivity index (χ2n) is 10.2. The molecule has 0 saturated heterocycles. The van der Waals surface area contributed by atoms with Gasteiger partial charge in [0.2, 0.25) is 0 Å². The summed E-state index contributed by atoms with van der Waals surface area (Å²) in [5, 5.41) is 0. The van der Waals surface area contributed by atoms with Gasteiger partial charge >= 0.3 is 17.9 Å². The maximum absolute atomic E-state index is 13.4. The molecule has 1 aliphatic carbocycles. The number of esters is 3. The number of hydrogen-bond acceptors (Lipinski definition) is 6. The van der Waals surface area contributed by atoms with Crippen LogP contribution in [0.5, 0.6) is 0 Å². The van der Waals surface area contributed by atoms with Crippen LogP contribution in [0.1, 0.15) is 64.0 Å². The third-order valence-electron chi connectivity index (χ3n) is 6.13. The van der Waals surface area contributed by atoms with Gasteiger partial charge in [0, 0.05) is 0 Å². The molecular formula is C29H36O6. The third-order valence-corrected chi connectivity index (χ3v) is 6.13. The Labute approximate surface area is 208 Å². The van der Waals surface area contributed by atoms with Gasteiger partial charge in [0.1, 0.15) is 18.8 Å². The number of ether oxygens (including phenoxy) is 3. The van der Waals surface area contributed by atoms with Gasteiger partial charge in [0.15, 0.2) is 5.92 Å². The van der Waals surface area contributed by atoms with Crippen molar-refractivity contribution in [3.05, 3.63) is 71.8 Å². The molecule has 0 spiro atoms. The molecule has 0 amide bonds. The maximum Gasteiger partial charge on any atom is 0.321 e. The standard InChI is InChI=1S/C29H36O6/c1-29(2,3)35-28(32)25(27(31)34-20-23-16-8-5-9-17-23)24(18-21-12-10-11-13-21)26(30)33-19-22-14-6-4-7-15-22/h4-9,14-17,21,24-25H,10-13,18-20H2,1-3H3/t24-,25?/m1/s1. The smallest absolute Gasteiger partial charge is 0.321 e. The summed E-state index contributed by atoms with van der Waals surface area (Å²) >= 11 is 0. The van der Waals surface area contributed by atoms with E-state index in [0.29, 0.717) is 6.42 Å². The normalized spacial score (nSPS) is 15.7. The molecule has 2 atom stereocenters. The minimum Gasteiger partial charge on any atom is -0.461 e. The second kappa shape index (κ2) is 12.5. The monoisotopic (exact) mass is 480 g/mol. The van der Waals surface area contributed by atoms with Crippen LogP contribution in [-0.2, 0) is 41.8 Å². The van der Waals surface area contributed by atoms with E-state index in [1.165, 1.54) is 0 Å². The molecule has 0 heterocycles. The van der Waals surface area contributed by atoms with Gasteiger partial charge in [0.25, 0.3) is 0 Å². The highest BCUT2D eigenvalue weighted by molar-refractivity contribution is 5.99. The van der Waals surface area contributed by atoms with E-state index < -0.39 is 35.3 Å². The van der Waals surface area contributed by atoms with Crippen molar-refractivity contribution < 1.29 is 28.6 Å². The van der Waals surface area contributed by atoms with Crippen LogP contribution in [0.25, 0.3) is 0 Å². The summed E-state index contributed by atoms with van der Waals surface area (Å²) in [6.45, 7) is 5.28.